The second kappa shape index (κ2) is 10.5. The molecule has 0 saturated carbocycles. The molecule has 1 aliphatic heterocycles. The van der Waals surface area contributed by atoms with Crippen molar-refractivity contribution < 1.29 is 31.1 Å². The average molecular weight is 501 g/mol. The third-order valence-electron chi connectivity index (χ3n) is 5.71. The van der Waals surface area contributed by atoms with Crippen molar-refractivity contribution in [2.45, 2.75) is 37.9 Å². The number of anilines is 1. The van der Waals surface area contributed by atoms with E-state index in [0.717, 1.165) is 11.1 Å². The first-order valence-corrected chi connectivity index (χ1v) is 10.8. The van der Waals surface area contributed by atoms with E-state index in [2.05, 4.69) is 20.6 Å². The zero-order chi connectivity index (χ0) is 25.8. The van der Waals surface area contributed by atoms with E-state index in [4.69, 9.17) is 0 Å². The highest BCUT2D eigenvalue weighted by Gasteiger charge is 2.46. The maximum Gasteiger partial charge on any atom is 0.434 e. The summed E-state index contributed by atoms with van der Waals surface area (Å²) in [6.45, 7) is 0.707. The molecule has 190 valence electrons. The maximum absolute atomic E-state index is 14.4. The number of rotatable bonds is 7. The van der Waals surface area contributed by atoms with Crippen molar-refractivity contribution in [3.05, 3.63) is 59.9 Å². The van der Waals surface area contributed by atoms with Crippen LogP contribution in [0.3, 0.4) is 0 Å². The van der Waals surface area contributed by atoms with Gasteiger partial charge in [0, 0.05) is 31.8 Å². The van der Waals surface area contributed by atoms with E-state index in [9.17, 15) is 31.1 Å². The first-order chi connectivity index (χ1) is 16.4. The summed E-state index contributed by atoms with van der Waals surface area (Å²) >= 11 is 0. The first kappa shape index (κ1) is 26.3. The smallest absolute Gasteiger partial charge is 0.394 e. The number of piperidine rings is 1. The molecule has 12 heteroatoms. The fraction of sp³-hybridized carbons (Fsp3) is 0.435. The Balaban J connectivity index is 1.79. The molecule has 1 amide bonds. The van der Waals surface area contributed by atoms with E-state index in [1.54, 1.807) is 20.0 Å². The Morgan fingerprint density at radius 1 is 1.23 bits per heavy atom. The van der Waals surface area contributed by atoms with Crippen molar-refractivity contribution in [1.82, 2.24) is 20.2 Å². The van der Waals surface area contributed by atoms with E-state index in [1.807, 2.05) is 0 Å². The second-order valence-corrected chi connectivity index (χ2v) is 8.41. The lowest BCUT2D eigenvalue weighted by Gasteiger charge is -2.43. The molecule has 3 rings (SSSR count). The number of hydrogen-bond acceptors (Lipinski definition) is 5. The summed E-state index contributed by atoms with van der Waals surface area (Å²) < 4.78 is 81.2. The molecule has 0 bridgehead atoms. The van der Waals surface area contributed by atoms with E-state index < -0.39 is 54.4 Å². The molecule has 2 unspecified atom stereocenters. The predicted octanol–water partition coefficient (Wildman–Crippen LogP) is 4.57. The summed E-state index contributed by atoms with van der Waals surface area (Å²) in [7, 11) is 1.57. The highest BCUT2D eigenvalue weighted by molar-refractivity contribution is 5.89. The van der Waals surface area contributed by atoms with Crippen molar-refractivity contribution >= 4 is 17.3 Å². The Morgan fingerprint density at radius 2 is 1.94 bits per heavy atom. The number of likely N-dealkylation sites (tertiary alicyclic amines) is 1. The van der Waals surface area contributed by atoms with Crippen LogP contribution in [0.5, 0.6) is 0 Å². The molecule has 1 aromatic carbocycles. The Bertz CT molecular complexity index is 1060. The molecule has 2 aromatic rings. The van der Waals surface area contributed by atoms with Crippen LogP contribution in [0.15, 0.2) is 42.9 Å². The van der Waals surface area contributed by atoms with E-state index in [0.29, 0.717) is 6.20 Å². The zero-order valence-corrected chi connectivity index (χ0v) is 19.0. The maximum atomic E-state index is 14.4. The van der Waals surface area contributed by atoms with Crippen LogP contribution in [0.25, 0.3) is 5.57 Å². The van der Waals surface area contributed by atoms with Gasteiger partial charge in [-0.25, -0.2) is 23.1 Å². The van der Waals surface area contributed by atoms with Crippen LogP contribution in [0.1, 0.15) is 31.0 Å². The van der Waals surface area contributed by atoms with Gasteiger partial charge >= 0.3 is 6.18 Å². The van der Waals surface area contributed by atoms with Crippen LogP contribution in [-0.2, 0) is 11.0 Å². The predicted molar refractivity (Wildman–Crippen MR) is 118 cm³/mol. The molecule has 1 fully saturated rings. The van der Waals surface area contributed by atoms with Gasteiger partial charge in [-0.05, 0) is 17.6 Å². The van der Waals surface area contributed by atoms with Gasteiger partial charge in [-0.1, -0.05) is 25.1 Å². The summed E-state index contributed by atoms with van der Waals surface area (Å²) in [4.78, 5) is 21.2. The molecular weight excluding hydrogens is 476 g/mol. The lowest BCUT2D eigenvalue weighted by atomic mass is 9.87. The van der Waals surface area contributed by atoms with Gasteiger partial charge in [-0.15, -0.1) is 0 Å². The fourth-order valence-electron chi connectivity index (χ4n) is 4.09. The lowest BCUT2D eigenvalue weighted by Crippen LogP contribution is -2.57. The molecule has 2 heterocycles. The molecule has 1 aromatic heterocycles. The Morgan fingerprint density at radius 3 is 2.54 bits per heavy atom. The minimum Gasteiger partial charge on any atom is -0.394 e. The van der Waals surface area contributed by atoms with Gasteiger partial charge in [-0.3, -0.25) is 4.79 Å². The molecule has 0 aliphatic carbocycles. The van der Waals surface area contributed by atoms with E-state index in [1.165, 1.54) is 24.4 Å². The summed E-state index contributed by atoms with van der Waals surface area (Å²) in [5.74, 6) is -4.94. The van der Waals surface area contributed by atoms with Crippen LogP contribution in [0, 0.1) is 11.7 Å². The molecular formula is C23H25F6N5O. The third kappa shape index (κ3) is 6.64. The molecule has 1 aliphatic rings. The quantitative estimate of drug-likeness (QED) is 0.544. The Labute approximate surface area is 198 Å². The van der Waals surface area contributed by atoms with Crippen LogP contribution in [0.4, 0.5) is 32.2 Å². The molecule has 6 nitrogen and oxygen atoms in total. The minimum atomic E-state index is -4.64. The van der Waals surface area contributed by atoms with Gasteiger partial charge in [0.1, 0.15) is 11.6 Å². The summed E-state index contributed by atoms with van der Waals surface area (Å²) in [6.07, 6.45) is -2.55. The van der Waals surface area contributed by atoms with Gasteiger partial charge in [0.2, 0.25) is 5.91 Å². The Kier molecular flexibility index (Phi) is 7.91. The molecule has 1 saturated heterocycles. The topological polar surface area (TPSA) is 70.2 Å². The van der Waals surface area contributed by atoms with Crippen LogP contribution >= 0.6 is 0 Å². The van der Waals surface area contributed by atoms with Crippen molar-refractivity contribution in [2.75, 3.05) is 25.5 Å². The summed E-state index contributed by atoms with van der Waals surface area (Å²) in [5.41, 5.74) is -0.707. The van der Waals surface area contributed by atoms with Gasteiger partial charge in [0.25, 0.3) is 5.92 Å². The number of nitrogens with zero attached hydrogens (tertiary/aromatic N) is 3. The number of amides is 1. The fourth-order valence-corrected chi connectivity index (χ4v) is 4.09. The highest BCUT2D eigenvalue weighted by atomic mass is 19.4. The summed E-state index contributed by atoms with van der Waals surface area (Å²) in [5, 5.41) is 5.53. The number of halogens is 6. The number of nitrogens with one attached hydrogen (secondary N) is 2. The standard InChI is InChI=1S/C23H25F6N5O/c1-14-8-22(25,26)13-34(18(14)10-32-20-12-31-19(11-33-20)23(27,28)29)21(35)7-15(9-30-2)16-5-3-4-6-17(16)24/h3-6,9,11-12,14,18,30H,7-8,10,13H2,1-2H3,(H,32,33)/b15-9+. The first-order valence-electron chi connectivity index (χ1n) is 10.8. The van der Waals surface area contributed by atoms with Gasteiger partial charge in [-0.2, -0.15) is 13.2 Å². The Hall–Kier alpha value is -3.31. The van der Waals surface area contributed by atoms with E-state index >= 15 is 0 Å². The molecule has 2 atom stereocenters. The number of benzene rings is 1. The van der Waals surface area contributed by atoms with Gasteiger partial charge < -0.3 is 15.5 Å². The third-order valence-corrected chi connectivity index (χ3v) is 5.71. The average Bonchev–Trinajstić information content (AvgIpc) is 2.77. The zero-order valence-electron chi connectivity index (χ0n) is 19.0. The van der Waals surface area contributed by atoms with Crippen LogP contribution < -0.4 is 10.6 Å². The number of alkyl halides is 5. The number of carbonyl (C=O) groups is 1. The molecule has 35 heavy (non-hydrogen) atoms. The molecule has 0 spiro atoms. The van der Waals surface area contributed by atoms with Crippen molar-refractivity contribution in [2.24, 2.45) is 5.92 Å². The normalized spacial score (nSPS) is 20.5. The van der Waals surface area contributed by atoms with E-state index in [-0.39, 0.29) is 29.9 Å². The van der Waals surface area contributed by atoms with Crippen molar-refractivity contribution in [3.63, 3.8) is 0 Å². The highest BCUT2D eigenvalue weighted by Crippen LogP contribution is 2.36. The van der Waals surface area contributed by atoms with Crippen LogP contribution in [0.2, 0.25) is 0 Å². The number of carbonyl (C=O) groups excluding carboxylic acids is 1. The van der Waals surface area contributed by atoms with Crippen molar-refractivity contribution in [3.8, 4) is 0 Å². The largest absolute Gasteiger partial charge is 0.434 e. The number of aromatic nitrogens is 2. The van der Waals surface area contributed by atoms with Gasteiger partial charge in [0.05, 0.1) is 31.4 Å². The number of hydrogen-bond donors (Lipinski definition) is 2. The molecule has 2 N–H and O–H groups in total. The monoisotopic (exact) mass is 501 g/mol. The lowest BCUT2D eigenvalue weighted by molar-refractivity contribution is -0.151. The van der Waals surface area contributed by atoms with Crippen molar-refractivity contribution in [1.29, 1.82) is 0 Å². The summed E-state index contributed by atoms with van der Waals surface area (Å²) in [6, 6.07) is 5.11. The SMILES string of the molecule is CN/C=C(\CC(=O)N1CC(F)(F)CC(C)C1CNc1cnc(C(F)(F)F)cn1)c1ccccc1F. The van der Waals surface area contributed by atoms with Gasteiger partial charge in [0.15, 0.2) is 5.69 Å². The molecule has 0 radical (unpaired) electrons. The van der Waals surface area contributed by atoms with Crippen LogP contribution in [-0.4, -0.2) is 52.9 Å². The minimum absolute atomic E-state index is 0.0112. The second-order valence-electron chi connectivity index (χ2n) is 8.41.